The number of rotatable bonds is 11. The molecule has 0 aliphatic heterocycles. The second kappa shape index (κ2) is 10.2. The molecule has 1 aromatic heterocycles. The van der Waals surface area contributed by atoms with E-state index in [-0.39, 0.29) is 6.04 Å². The molecule has 3 rings (SSSR count). The van der Waals surface area contributed by atoms with Gasteiger partial charge in [-0.15, -0.1) is 11.8 Å². The summed E-state index contributed by atoms with van der Waals surface area (Å²) in [5, 5.41) is 1.06. The van der Waals surface area contributed by atoms with Crippen LogP contribution >= 0.6 is 11.8 Å². The third-order valence-electron chi connectivity index (χ3n) is 5.53. The first-order valence-corrected chi connectivity index (χ1v) is 11.5. The smallest absolute Gasteiger partial charge is 0.114 e. The first kappa shape index (κ1) is 20.3. The molecular formula is C23H33N3S. The molecule has 4 heteroatoms. The lowest BCUT2D eigenvalue weighted by atomic mass is 9.89. The zero-order chi connectivity index (χ0) is 19.1. The van der Waals surface area contributed by atoms with Crippen molar-refractivity contribution in [1.29, 1.82) is 0 Å². The molecule has 0 amide bonds. The number of nitrogens with zero attached hydrogens (tertiary/aromatic N) is 2. The summed E-state index contributed by atoms with van der Waals surface area (Å²) in [6.07, 6.45) is 12.1. The Balaban J connectivity index is 1.59. The number of aromatic nitrogens is 2. The molecule has 146 valence electrons. The molecule has 3 nitrogen and oxygen atoms in total. The quantitative estimate of drug-likeness (QED) is 0.490. The minimum absolute atomic E-state index is 0.0989. The predicted octanol–water partition coefficient (Wildman–Crippen LogP) is 5.91. The van der Waals surface area contributed by atoms with Crippen LogP contribution in [0, 0.1) is 5.92 Å². The summed E-state index contributed by atoms with van der Waals surface area (Å²) in [6.45, 7) is 4.44. The molecular weight excluding hydrogens is 350 g/mol. The van der Waals surface area contributed by atoms with Crippen molar-refractivity contribution < 1.29 is 0 Å². The third kappa shape index (κ3) is 6.05. The van der Waals surface area contributed by atoms with Crippen LogP contribution in [0.4, 0.5) is 0 Å². The standard InChI is InChI=1S/C23H33N3S/c1-3-7-19(12-13-21(24)20-9-6-5-8-18(20)4-2)22-14-26-23(15-25-22)27-16-17-10-11-17/h5-6,8-9,14-15,17,19,21H,3-4,7,10-13,16,24H2,1-2H3/t19-,21+/m0/s1. The molecule has 0 bridgehead atoms. The Bertz CT molecular complexity index is 697. The van der Waals surface area contributed by atoms with E-state index in [1.807, 2.05) is 24.2 Å². The predicted molar refractivity (Wildman–Crippen MR) is 115 cm³/mol. The Kier molecular flexibility index (Phi) is 7.71. The normalized spacial score (nSPS) is 16.3. The van der Waals surface area contributed by atoms with E-state index in [0.717, 1.165) is 48.7 Å². The van der Waals surface area contributed by atoms with Crippen LogP contribution in [0.3, 0.4) is 0 Å². The monoisotopic (exact) mass is 383 g/mol. The Morgan fingerprint density at radius 3 is 2.56 bits per heavy atom. The largest absolute Gasteiger partial charge is 0.324 e. The molecule has 1 aromatic carbocycles. The second-order valence-corrected chi connectivity index (χ2v) is 8.80. The van der Waals surface area contributed by atoms with Gasteiger partial charge in [-0.25, -0.2) is 4.98 Å². The Morgan fingerprint density at radius 1 is 1.07 bits per heavy atom. The topological polar surface area (TPSA) is 51.8 Å². The minimum Gasteiger partial charge on any atom is -0.324 e. The van der Waals surface area contributed by atoms with E-state index >= 15 is 0 Å². The maximum atomic E-state index is 6.55. The highest BCUT2D eigenvalue weighted by atomic mass is 32.2. The highest BCUT2D eigenvalue weighted by Gasteiger charge is 2.21. The van der Waals surface area contributed by atoms with Crippen LogP contribution in [0.1, 0.15) is 81.2 Å². The SMILES string of the molecule is CCC[C@@H](CC[C@@H](N)c1ccccc1CC)c1cnc(SCC2CC2)cn1. The van der Waals surface area contributed by atoms with Crippen LogP contribution in [0.5, 0.6) is 0 Å². The van der Waals surface area contributed by atoms with Gasteiger partial charge in [0.1, 0.15) is 5.03 Å². The van der Waals surface area contributed by atoms with Crippen LogP contribution in [0.2, 0.25) is 0 Å². The first-order valence-electron chi connectivity index (χ1n) is 10.5. The molecule has 0 radical (unpaired) electrons. The summed E-state index contributed by atoms with van der Waals surface area (Å²) >= 11 is 1.85. The van der Waals surface area contributed by atoms with Crippen molar-refractivity contribution in [3.8, 4) is 0 Å². The van der Waals surface area contributed by atoms with Crippen LogP contribution in [-0.4, -0.2) is 15.7 Å². The zero-order valence-corrected chi connectivity index (χ0v) is 17.5. The lowest BCUT2D eigenvalue weighted by Crippen LogP contribution is -2.14. The lowest BCUT2D eigenvalue weighted by molar-refractivity contribution is 0.494. The Hall–Kier alpha value is -1.39. The van der Waals surface area contributed by atoms with E-state index in [1.54, 1.807) is 0 Å². The van der Waals surface area contributed by atoms with Crippen molar-refractivity contribution in [2.24, 2.45) is 11.7 Å². The van der Waals surface area contributed by atoms with Gasteiger partial charge in [0.15, 0.2) is 0 Å². The molecule has 0 unspecified atom stereocenters. The number of nitrogens with two attached hydrogens (primary N) is 1. The molecule has 2 atom stereocenters. The van der Waals surface area contributed by atoms with E-state index in [2.05, 4.69) is 43.1 Å². The van der Waals surface area contributed by atoms with E-state index in [4.69, 9.17) is 10.7 Å². The zero-order valence-electron chi connectivity index (χ0n) is 16.7. The average molecular weight is 384 g/mol. The van der Waals surface area contributed by atoms with Crippen molar-refractivity contribution in [2.45, 2.75) is 75.8 Å². The van der Waals surface area contributed by atoms with Gasteiger partial charge in [0.2, 0.25) is 0 Å². The summed E-state index contributed by atoms with van der Waals surface area (Å²) in [5.41, 5.74) is 10.3. The number of hydrogen-bond donors (Lipinski definition) is 1. The van der Waals surface area contributed by atoms with Gasteiger partial charge in [-0.2, -0.15) is 0 Å². The van der Waals surface area contributed by atoms with Crippen molar-refractivity contribution >= 4 is 11.8 Å². The van der Waals surface area contributed by atoms with Gasteiger partial charge in [-0.05, 0) is 55.6 Å². The van der Waals surface area contributed by atoms with Gasteiger partial charge in [0.05, 0.1) is 11.9 Å². The summed E-state index contributed by atoms with van der Waals surface area (Å²) in [7, 11) is 0. The Morgan fingerprint density at radius 2 is 1.89 bits per heavy atom. The van der Waals surface area contributed by atoms with Crippen molar-refractivity contribution in [1.82, 2.24) is 9.97 Å². The van der Waals surface area contributed by atoms with Crippen LogP contribution in [-0.2, 0) is 6.42 Å². The summed E-state index contributed by atoms with van der Waals surface area (Å²) in [6, 6.07) is 8.68. The van der Waals surface area contributed by atoms with Gasteiger partial charge in [0.25, 0.3) is 0 Å². The second-order valence-electron chi connectivity index (χ2n) is 7.76. The van der Waals surface area contributed by atoms with Crippen LogP contribution in [0.25, 0.3) is 0 Å². The van der Waals surface area contributed by atoms with E-state index < -0.39 is 0 Å². The molecule has 1 fully saturated rings. The number of aryl methyl sites for hydroxylation is 1. The molecule has 1 heterocycles. The first-order chi connectivity index (χ1) is 13.2. The fourth-order valence-electron chi connectivity index (χ4n) is 3.64. The average Bonchev–Trinajstić information content (AvgIpc) is 3.54. The molecule has 0 saturated heterocycles. The van der Waals surface area contributed by atoms with Gasteiger partial charge in [0, 0.05) is 23.9 Å². The maximum absolute atomic E-state index is 6.55. The summed E-state index contributed by atoms with van der Waals surface area (Å²) in [4.78, 5) is 9.42. The van der Waals surface area contributed by atoms with Gasteiger partial charge < -0.3 is 5.73 Å². The third-order valence-corrected chi connectivity index (χ3v) is 6.67. The van der Waals surface area contributed by atoms with Crippen molar-refractivity contribution in [2.75, 3.05) is 5.75 Å². The lowest BCUT2D eigenvalue weighted by Gasteiger charge is -2.20. The fraction of sp³-hybridized carbons (Fsp3) is 0.565. The molecule has 1 aliphatic carbocycles. The number of hydrogen-bond acceptors (Lipinski definition) is 4. The highest BCUT2D eigenvalue weighted by molar-refractivity contribution is 7.99. The van der Waals surface area contributed by atoms with Crippen LogP contribution < -0.4 is 5.73 Å². The number of thioether (sulfide) groups is 1. The minimum atomic E-state index is 0.0989. The van der Waals surface area contributed by atoms with Crippen molar-refractivity contribution in [3.05, 3.63) is 53.5 Å². The fourth-order valence-corrected chi connectivity index (χ4v) is 4.64. The highest BCUT2D eigenvalue weighted by Crippen LogP contribution is 2.35. The van der Waals surface area contributed by atoms with Gasteiger partial charge in [-0.1, -0.05) is 44.5 Å². The molecule has 0 spiro atoms. The van der Waals surface area contributed by atoms with E-state index in [1.165, 1.54) is 29.7 Å². The molecule has 2 N–H and O–H groups in total. The molecule has 1 aliphatic rings. The molecule has 1 saturated carbocycles. The molecule has 2 aromatic rings. The maximum Gasteiger partial charge on any atom is 0.114 e. The summed E-state index contributed by atoms with van der Waals surface area (Å²) in [5.74, 6) is 2.56. The van der Waals surface area contributed by atoms with E-state index in [0.29, 0.717) is 5.92 Å². The van der Waals surface area contributed by atoms with Gasteiger partial charge >= 0.3 is 0 Å². The summed E-state index contributed by atoms with van der Waals surface area (Å²) < 4.78 is 0. The Labute approximate surface area is 168 Å². The molecule has 27 heavy (non-hydrogen) atoms. The van der Waals surface area contributed by atoms with Crippen molar-refractivity contribution in [3.63, 3.8) is 0 Å². The van der Waals surface area contributed by atoms with Gasteiger partial charge in [-0.3, -0.25) is 4.98 Å². The van der Waals surface area contributed by atoms with Crippen LogP contribution in [0.15, 0.2) is 41.7 Å². The van der Waals surface area contributed by atoms with E-state index in [9.17, 15) is 0 Å². The number of benzene rings is 1.